The zero-order chi connectivity index (χ0) is 15.8. The van der Waals surface area contributed by atoms with Gasteiger partial charge >= 0.3 is 0 Å². The van der Waals surface area contributed by atoms with Gasteiger partial charge in [0, 0.05) is 17.4 Å². The molecule has 1 amide bonds. The number of hydrogen-bond donors (Lipinski definition) is 1. The normalized spacial score (nSPS) is 19.5. The lowest BCUT2D eigenvalue weighted by Gasteiger charge is -2.05. The molecule has 0 bridgehead atoms. The average molecular weight is 328 g/mol. The molecule has 0 spiro atoms. The third-order valence-electron chi connectivity index (χ3n) is 3.96. The molecule has 4 nitrogen and oxygen atoms in total. The van der Waals surface area contributed by atoms with Crippen LogP contribution in [0.25, 0.3) is 11.3 Å². The number of rotatable bonds is 4. The second-order valence-corrected chi connectivity index (χ2v) is 6.35. The number of amides is 1. The fraction of sp³-hybridized carbons (Fsp3) is 0.176. The Morgan fingerprint density at radius 3 is 2.87 bits per heavy atom. The maximum atomic E-state index is 13.0. The standard InChI is InChI=1S/C17H13FN2O2S/c18-11-5-3-10(4-6-11)15-17(23-9-19-15)20-16(21)13-8-12(13)14-2-1-7-22-14/h1-7,9,12-13H,8H2,(H,20,21)/t12-,13-/m0/s1. The summed E-state index contributed by atoms with van der Waals surface area (Å²) in [5, 5.41) is 3.63. The van der Waals surface area contributed by atoms with Crippen LogP contribution in [0.2, 0.25) is 0 Å². The Morgan fingerprint density at radius 1 is 1.30 bits per heavy atom. The molecule has 6 heteroatoms. The molecule has 1 fully saturated rings. The summed E-state index contributed by atoms with van der Waals surface area (Å²) in [5.74, 6) is 0.623. The first-order valence-corrected chi connectivity index (χ1v) is 8.14. The minimum Gasteiger partial charge on any atom is -0.469 e. The first-order chi connectivity index (χ1) is 11.2. The molecule has 1 aliphatic rings. The van der Waals surface area contributed by atoms with Crippen LogP contribution in [0, 0.1) is 11.7 Å². The second kappa shape index (κ2) is 5.62. The number of carbonyl (C=O) groups excluding carboxylic acids is 1. The van der Waals surface area contributed by atoms with Gasteiger partial charge in [0.15, 0.2) is 0 Å². The molecule has 3 aromatic rings. The zero-order valence-electron chi connectivity index (χ0n) is 12.0. The first-order valence-electron chi connectivity index (χ1n) is 7.26. The van der Waals surface area contributed by atoms with Crippen LogP contribution in [-0.2, 0) is 4.79 Å². The fourth-order valence-electron chi connectivity index (χ4n) is 2.65. The Bertz CT molecular complexity index is 827. The van der Waals surface area contributed by atoms with Gasteiger partial charge in [0.2, 0.25) is 5.91 Å². The molecule has 4 rings (SSSR count). The third-order valence-corrected chi connectivity index (χ3v) is 4.70. The number of hydrogen-bond acceptors (Lipinski definition) is 4. The molecule has 116 valence electrons. The van der Waals surface area contributed by atoms with E-state index < -0.39 is 0 Å². The highest BCUT2D eigenvalue weighted by molar-refractivity contribution is 7.14. The third kappa shape index (κ3) is 2.77. The van der Waals surface area contributed by atoms with Crippen LogP contribution in [0.1, 0.15) is 18.1 Å². The van der Waals surface area contributed by atoms with E-state index in [0.29, 0.717) is 10.7 Å². The summed E-state index contributed by atoms with van der Waals surface area (Å²) < 4.78 is 18.4. The number of furan rings is 1. The maximum absolute atomic E-state index is 13.0. The van der Waals surface area contributed by atoms with Crippen molar-refractivity contribution in [1.29, 1.82) is 0 Å². The van der Waals surface area contributed by atoms with Crippen LogP contribution in [0.3, 0.4) is 0 Å². The fourth-order valence-corrected chi connectivity index (χ4v) is 3.36. The zero-order valence-corrected chi connectivity index (χ0v) is 12.8. The van der Waals surface area contributed by atoms with E-state index in [1.165, 1.54) is 23.5 Å². The largest absolute Gasteiger partial charge is 0.469 e. The van der Waals surface area contributed by atoms with Gasteiger partial charge in [0.25, 0.3) is 0 Å². The van der Waals surface area contributed by atoms with Gasteiger partial charge in [-0.1, -0.05) is 0 Å². The molecule has 2 heterocycles. The van der Waals surface area contributed by atoms with Crippen molar-refractivity contribution in [3.63, 3.8) is 0 Å². The second-order valence-electron chi connectivity index (χ2n) is 5.49. The SMILES string of the molecule is O=C(Nc1scnc1-c1ccc(F)cc1)[C@H]1C[C@@H]1c1ccco1. The topological polar surface area (TPSA) is 55.1 Å². The van der Waals surface area contributed by atoms with Crippen LogP contribution in [0.5, 0.6) is 0 Å². The predicted octanol–water partition coefficient (Wildman–Crippen LogP) is 4.28. The van der Waals surface area contributed by atoms with Crippen molar-refractivity contribution in [3.05, 3.63) is 59.7 Å². The lowest BCUT2D eigenvalue weighted by Crippen LogP contribution is -2.14. The van der Waals surface area contributed by atoms with Crippen molar-refractivity contribution in [3.8, 4) is 11.3 Å². The summed E-state index contributed by atoms with van der Waals surface area (Å²) in [6, 6.07) is 9.81. The Morgan fingerprint density at radius 2 is 2.13 bits per heavy atom. The number of nitrogens with zero attached hydrogens (tertiary/aromatic N) is 1. The molecule has 0 unspecified atom stereocenters. The number of thiazole rings is 1. The van der Waals surface area contributed by atoms with E-state index in [0.717, 1.165) is 17.7 Å². The quantitative estimate of drug-likeness (QED) is 0.777. The highest BCUT2D eigenvalue weighted by Crippen LogP contribution is 2.48. The predicted molar refractivity (Wildman–Crippen MR) is 85.7 cm³/mol. The molecule has 1 aromatic carbocycles. The monoisotopic (exact) mass is 328 g/mol. The van der Waals surface area contributed by atoms with Gasteiger partial charge in [-0.25, -0.2) is 9.37 Å². The van der Waals surface area contributed by atoms with Gasteiger partial charge in [0.1, 0.15) is 22.3 Å². The molecule has 1 aliphatic carbocycles. The molecule has 0 aliphatic heterocycles. The van der Waals surface area contributed by atoms with Crippen LogP contribution in [0.15, 0.2) is 52.6 Å². The molecule has 0 saturated heterocycles. The van der Waals surface area contributed by atoms with Crippen molar-refractivity contribution in [1.82, 2.24) is 4.98 Å². The Kier molecular flexibility index (Phi) is 3.46. The minimum atomic E-state index is -0.297. The van der Waals surface area contributed by atoms with Crippen LogP contribution in [0.4, 0.5) is 9.39 Å². The summed E-state index contributed by atoms with van der Waals surface area (Å²) in [5.41, 5.74) is 3.12. The summed E-state index contributed by atoms with van der Waals surface area (Å²) in [4.78, 5) is 16.7. The summed E-state index contributed by atoms with van der Waals surface area (Å²) in [6.45, 7) is 0. The number of anilines is 1. The Labute approximate surface area is 136 Å². The number of benzene rings is 1. The molecule has 1 saturated carbocycles. The van der Waals surface area contributed by atoms with E-state index in [4.69, 9.17) is 4.42 Å². The number of nitrogens with one attached hydrogen (secondary N) is 1. The summed E-state index contributed by atoms with van der Waals surface area (Å²) >= 11 is 1.36. The maximum Gasteiger partial charge on any atom is 0.228 e. The van der Waals surface area contributed by atoms with Gasteiger partial charge in [-0.15, -0.1) is 11.3 Å². The molecular weight excluding hydrogens is 315 g/mol. The van der Waals surface area contributed by atoms with Crippen molar-refractivity contribution >= 4 is 22.2 Å². The van der Waals surface area contributed by atoms with Crippen LogP contribution >= 0.6 is 11.3 Å². The van der Waals surface area contributed by atoms with E-state index >= 15 is 0 Å². The van der Waals surface area contributed by atoms with Crippen molar-refractivity contribution < 1.29 is 13.6 Å². The van der Waals surface area contributed by atoms with Gasteiger partial charge in [-0.3, -0.25) is 4.79 Å². The lowest BCUT2D eigenvalue weighted by molar-refractivity contribution is -0.117. The molecule has 1 N–H and O–H groups in total. The van der Waals surface area contributed by atoms with E-state index in [-0.39, 0.29) is 23.6 Å². The van der Waals surface area contributed by atoms with Gasteiger partial charge in [0.05, 0.1) is 11.8 Å². The van der Waals surface area contributed by atoms with E-state index in [2.05, 4.69) is 10.3 Å². The van der Waals surface area contributed by atoms with Crippen molar-refractivity contribution in [2.75, 3.05) is 5.32 Å². The number of carbonyl (C=O) groups is 1. The van der Waals surface area contributed by atoms with Crippen molar-refractivity contribution in [2.24, 2.45) is 5.92 Å². The molecule has 2 aromatic heterocycles. The smallest absolute Gasteiger partial charge is 0.228 e. The highest BCUT2D eigenvalue weighted by atomic mass is 32.1. The van der Waals surface area contributed by atoms with Crippen LogP contribution < -0.4 is 5.32 Å². The van der Waals surface area contributed by atoms with E-state index in [9.17, 15) is 9.18 Å². The van der Waals surface area contributed by atoms with Gasteiger partial charge in [-0.2, -0.15) is 0 Å². The number of aromatic nitrogens is 1. The minimum absolute atomic E-state index is 0.0287. The number of halogens is 1. The first kappa shape index (κ1) is 14.1. The van der Waals surface area contributed by atoms with Crippen LogP contribution in [-0.4, -0.2) is 10.9 Å². The van der Waals surface area contributed by atoms with E-state index in [1.807, 2.05) is 12.1 Å². The van der Waals surface area contributed by atoms with Crippen molar-refractivity contribution in [2.45, 2.75) is 12.3 Å². The highest BCUT2D eigenvalue weighted by Gasteiger charge is 2.46. The van der Waals surface area contributed by atoms with Gasteiger partial charge < -0.3 is 9.73 Å². The molecular formula is C17H13FN2O2S. The Hall–Kier alpha value is -2.47. The van der Waals surface area contributed by atoms with E-state index in [1.54, 1.807) is 23.9 Å². The lowest BCUT2D eigenvalue weighted by atomic mass is 10.1. The Balaban J connectivity index is 1.49. The molecule has 23 heavy (non-hydrogen) atoms. The van der Waals surface area contributed by atoms with Gasteiger partial charge in [-0.05, 0) is 42.8 Å². The molecule has 0 radical (unpaired) electrons. The summed E-state index contributed by atoms with van der Waals surface area (Å²) in [6.07, 6.45) is 2.42. The summed E-state index contributed by atoms with van der Waals surface area (Å²) in [7, 11) is 0. The average Bonchev–Trinajstić information content (AvgIpc) is 2.97. The molecule has 2 atom stereocenters.